The van der Waals surface area contributed by atoms with Crippen LogP contribution < -0.4 is 4.74 Å². The van der Waals surface area contributed by atoms with Crippen LogP contribution in [-0.4, -0.2) is 22.3 Å². The van der Waals surface area contributed by atoms with Crippen LogP contribution in [0.3, 0.4) is 0 Å². The summed E-state index contributed by atoms with van der Waals surface area (Å²) in [4.78, 5) is 12.4. The number of halogens is 2. The first kappa shape index (κ1) is 18.0. The van der Waals surface area contributed by atoms with Crippen LogP contribution in [0.2, 0.25) is 5.02 Å². The minimum absolute atomic E-state index is 0.0740. The number of aromatic nitrogens is 2. The van der Waals surface area contributed by atoms with Gasteiger partial charge in [-0.15, -0.1) is 0 Å². The number of hydrogen-bond donors (Lipinski definition) is 0. The SMILES string of the molecule is CCCCc1c(C)nn(C(=O)COc2ccc(Cl)cc2Br)c1C. The van der Waals surface area contributed by atoms with Gasteiger partial charge in [0.15, 0.2) is 6.61 Å². The third kappa shape index (κ3) is 4.36. The second kappa shape index (κ2) is 7.97. The Hall–Kier alpha value is -1.33. The van der Waals surface area contributed by atoms with Crippen molar-refractivity contribution < 1.29 is 9.53 Å². The molecule has 0 saturated heterocycles. The molecule has 0 fully saturated rings. The predicted molar refractivity (Wildman–Crippen MR) is 95.6 cm³/mol. The molecule has 0 radical (unpaired) electrons. The fourth-order valence-corrected chi connectivity index (χ4v) is 3.22. The maximum Gasteiger partial charge on any atom is 0.284 e. The van der Waals surface area contributed by atoms with E-state index in [0.29, 0.717) is 10.8 Å². The molecule has 4 nitrogen and oxygen atoms in total. The van der Waals surface area contributed by atoms with Gasteiger partial charge >= 0.3 is 0 Å². The van der Waals surface area contributed by atoms with Gasteiger partial charge < -0.3 is 4.74 Å². The number of unbranched alkanes of at least 4 members (excludes halogenated alkanes) is 1. The minimum Gasteiger partial charge on any atom is -0.482 e. The zero-order valence-corrected chi connectivity index (χ0v) is 15.9. The van der Waals surface area contributed by atoms with Gasteiger partial charge in [0.1, 0.15) is 5.75 Å². The maximum atomic E-state index is 12.4. The van der Waals surface area contributed by atoms with Gasteiger partial charge in [0.05, 0.1) is 10.2 Å². The van der Waals surface area contributed by atoms with E-state index in [0.717, 1.165) is 40.7 Å². The van der Waals surface area contributed by atoms with E-state index in [9.17, 15) is 4.79 Å². The summed E-state index contributed by atoms with van der Waals surface area (Å²) >= 11 is 9.26. The van der Waals surface area contributed by atoms with Gasteiger partial charge in [-0.25, -0.2) is 4.68 Å². The highest BCUT2D eigenvalue weighted by atomic mass is 79.9. The fourth-order valence-electron chi connectivity index (χ4n) is 2.43. The quantitative estimate of drug-likeness (QED) is 0.688. The summed E-state index contributed by atoms with van der Waals surface area (Å²) in [5.74, 6) is 0.394. The third-order valence-electron chi connectivity index (χ3n) is 3.70. The molecule has 0 unspecified atom stereocenters. The van der Waals surface area contributed by atoms with Crippen molar-refractivity contribution in [2.75, 3.05) is 6.61 Å². The third-order valence-corrected chi connectivity index (χ3v) is 4.56. The van der Waals surface area contributed by atoms with E-state index >= 15 is 0 Å². The van der Waals surface area contributed by atoms with Crippen molar-refractivity contribution in [3.63, 3.8) is 0 Å². The van der Waals surface area contributed by atoms with E-state index in [-0.39, 0.29) is 12.5 Å². The van der Waals surface area contributed by atoms with Crippen LogP contribution in [0.1, 0.15) is 41.5 Å². The average Bonchev–Trinajstić information content (AvgIpc) is 2.79. The Bertz CT molecular complexity index is 713. The molecule has 1 aromatic heterocycles. The predicted octanol–water partition coefficient (Wildman–Crippen LogP) is 4.98. The zero-order chi connectivity index (χ0) is 17.0. The van der Waals surface area contributed by atoms with Crippen LogP contribution in [0.5, 0.6) is 5.75 Å². The van der Waals surface area contributed by atoms with Crippen LogP contribution in [-0.2, 0) is 6.42 Å². The molecular formula is C17H20BrClN2O2. The molecule has 2 rings (SSSR count). The lowest BCUT2D eigenvalue weighted by Gasteiger charge is -2.09. The summed E-state index contributed by atoms with van der Waals surface area (Å²) in [5, 5.41) is 4.97. The molecule has 2 aromatic rings. The lowest BCUT2D eigenvalue weighted by Crippen LogP contribution is -2.22. The Morgan fingerprint density at radius 1 is 1.39 bits per heavy atom. The Labute approximate surface area is 149 Å². The molecular weight excluding hydrogens is 380 g/mol. The van der Waals surface area contributed by atoms with E-state index in [1.54, 1.807) is 18.2 Å². The normalized spacial score (nSPS) is 10.8. The number of benzene rings is 1. The first-order valence-corrected chi connectivity index (χ1v) is 8.77. The van der Waals surface area contributed by atoms with Crippen molar-refractivity contribution >= 4 is 33.4 Å². The van der Waals surface area contributed by atoms with Crippen molar-refractivity contribution in [3.05, 3.63) is 44.6 Å². The van der Waals surface area contributed by atoms with Crippen molar-refractivity contribution in [2.24, 2.45) is 0 Å². The molecule has 0 N–H and O–H groups in total. The second-order valence-electron chi connectivity index (χ2n) is 5.42. The highest BCUT2D eigenvalue weighted by Crippen LogP contribution is 2.28. The van der Waals surface area contributed by atoms with E-state index in [1.807, 2.05) is 13.8 Å². The van der Waals surface area contributed by atoms with Gasteiger partial charge in [-0.05, 0) is 66.4 Å². The first-order chi connectivity index (χ1) is 10.9. The number of rotatable bonds is 6. The van der Waals surface area contributed by atoms with E-state index in [2.05, 4.69) is 28.0 Å². The lowest BCUT2D eigenvalue weighted by atomic mass is 10.1. The van der Waals surface area contributed by atoms with Gasteiger partial charge in [-0.2, -0.15) is 5.10 Å². The van der Waals surface area contributed by atoms with E-state index in [1.165, 1.54) is 4.68 Å². The summed E-state index contributed by atoms with van der Waals surface area (Å²) in [6.45, 7) is 5.95. The van der Waals surface area contributed by atoms with Gasteiger partial charge in [0, 0.05) is 10.7 Å². The minimum atomic E-state index is -0.185. The van der Waals surface area contributed by atoms with Gasteiger partial charge in [-0.1, -0.05) is 24.9 Å². The zero-order valence-electron chi connectivity index (χ0n) is 13.5. The molecule has 1 heterocycles. The molecule has 0 amide bonds. The standard InChI is InChI=1S/C17H20BrClN2O2/c1-4-5-6-14-11(2)20-21(12(14)3)17(22)10-23-16-8-7-13(19)9-15(16)18/h7-9H,4-6,10H2,1-3H3. The number of carbonyl (C=O) groups is 1. The number of aryl methyl sites for hydroxylation is 1. The summed E-state index contributed by atoms with van der Waals surface area (Å²) in [6, 6.07) is 5.18. The maximum absolute atomic E-state index is 12.4. The molecule has 1 aromatic carbocycles. The molecule has 0 spiro atoms. The molecule has 0 saturated carbocycles. The smallest absolute Gasteiger partial charge is 0.284 e. The van der Waals surface area contributed by atoms with Crippen LogP contribution in [0.25, 0.3) is 0 Å². The van der Waals surface area contributed by atoms with Crippen molar-refractivity contribution in [1.82, 2.24) is 9.78 Å². The average molecular weight is 400 g/mol. The number of hydrogen-bond acceptors (Lipinski definition) is 3. The number of carbonyl (C=O) groups excluding carboxylic acids is 1. The van der Waals surface area contributed by atoms with Crippen molar-refractivity contribution in [1.29, 1.82) is 0 Å². The molecule has 23 heavy (non-hydrogen) atoms. The fraction of sp³-hybridized carbons (Fsp3) is 0.412. The van der Waals surface area contributed by atoms with Gasteiger partial charge in [0.25, 0.3) is 5.91 Å². The molecule has 0 bridgehead atoms. The molecule has 6 heteroatoms. The van der Waals surface area contributed by atoms with Gasteiger partial charge in [0.2, 0.25) is 0 Å². The lowest BCUT2D eigenvalue weighted by molar-refractivity contribution is 0.0817. The summed E-state index contributed by atoms with van der Waals surface area (Å²) < 4.78 is 7.74. The Morgan fingerprint density at radius 2 is 2.13 bits per heavy atom. The number of nitrogens with zero attached hydrogens (tertiary/aromatic N) is 2. The molecule has 0 aliphatic heterocycles. The largest absolute Gasteiger partial charge is 0.482 e. The van der Waals surface area contributed by atoms with Gasteiger partial charge in [-0.3, -0.25) is 4.79 Å². The molecule has 124 valence electrons. The molecule has 0 aliphatic carbocycles. The molecule has 0 aliphatic rings. The highest BCUT2D eigenvalue weighted by Gasteiger charge is 2.17. The summed E-state index contributed by atoms with van der Waals surface area (Å²) in [6.07, 6.45) is 3.16. The van der Waals surface area contributed by atoms with Crippen molar-refractivity contribution in [3.8, 4) is 5.75 Å². The molecule has 0 atom stereocenters. The Balaban J connectivity index is 2.09. The highest BCUT2D eigenvalue weighted by molar-refractivity contribution is 9.10. The summed E-state index contributed by atoms with van der Waals surface area (Å²) in [5.41, 5.74) is 2.98. The first-order valence-electron chi connectivity index (χ1n) is 7.60. The monoisotopic (exact) mass is 398 g/mol. The van der Waals surface area contributed by atoms with E-state index < -0.39 is 0 Å². The topological polar surface area (TPSA) is 44.1 Å². The second-order valence-corrected chi connectivity index (χ2v) is 6.71. The van der Waals surface area contributed by atoms with Crippen LogP contribution in [0.15, 0.2) is 22.7 Å². The van der Waals surface area contributed by atoms with Crippen molar-refractivity contribution in [2.45, 2.75) is 40.0 Å². The van der Waals surface area contributed by atoms with Crippen LogP contribution in [0, 0.1) is 13.8 Å². The van der Waals surface area contributed by atoms with Crippen LogP contribution in [0.4, 0.5) is 0 Å². The number of ether oxygens (including phenoxy) is 1. The summed E-state index contributed by atoms with van der Waals surface area (Å²) in [7, 11) is 0. The van der Waals surface area contributed by atoms with Crippen LogP contribution >= 0.6 is 27.5 Å². The van der Waals surface area contributed by atoms with E-state index in [4.69, 9.17) is 16.3 Å². The Morgan fingerprint density at radius 3 is 2.78 bits per heavy atom. The Kier molecular flexibility index (Phi) is 6.25.